The van der Waals surface area contributed by atoms with Gasteiger partial charge in [-0.05, 0) is 55.7 Å². The van der Waals surface area contributed by atoms with Crippen LogP contribution in [0.25, 0.3) is 0 Å². The van der Waals surface area contributed by atoms with Crippen LogP contribution in [0.15, 0.2) is 41.7 Å². The van der Waals surface area contributed by atoms with Crippen molar-refractivity contribution in [1.82, 2.24) is 4.57 Å². The largest absolute Gasteiger partial charge is 0.853 e. The first-order valence-electron chi connectivity index (χ1n) is 13.1. The maximum absolute atomic E-state index is 13.5. The van der Waals surface area contributed by atoms with Gasteiger partial charge >= 0.3 is 0 Å². The SMILES string of the molecule is CCCCC(CC)Cn1cc[n+](CC(CC)CCCC)c1C([O-])=Nc1cccc(NC(C)=O)c1. The summed E-state index contributed by atoms with van der Waals surface area (Å²) in [5.74, 6) is 1.34. The minimum Gasteiger partial charge on any atom is -0.853 e. The number of imidazole rings is 1. The van der Waals surface area contributed by atoms with E-state index in [-0.39, 0.29) is 11.8 Å². The Bertz CT molecular complexity index is 883. The molecule has 1 aromatic heterocycles. The number of aliphatic imine (C=N–C) groups is 1. The molecule has 2 rings (SSSR count). The standard InChI is InChI=1S/C28H44N4O2/c1-6-10-13-23(8-3)20-31-17-18-32(21-24(9-4)14-11-7-2)28(31)27(34)30-26-16-12-15-25(19-26)29-22(5)33/h12,15-19,23-24H,6-11,13-14,20-21H2,1-5H3,(H-,29,30,33,34). The quantitative estimate of drug-likeness (QED) is 0.210. The molecule has 0 saturated heterocycles. The first kappa shape index (κ1) is 27.6. The molecule has 2 aromatic rings. The van der Waals surface area contributed by atoms with Crippen molar-refractivity contribution < 1.29 is 14.5 Å². The highest BCUT2D eigenvalue weighted by atomic mass is 16.3. The van der Waals surface area contributed by atoms with E-state index in [0.29, 0.717) is 29.0 Å². The molecule has 1 N–H and O–H groups in total. The Balaban J connectivity index is 2.40. The third kappa shape index (κ3) is 8.62. The van der Waals surface area contributed by atoms with Crippen LogP contribution in [0.1, 0.15) is 91.8 Å². The molecule has 188 valence electrons. The molecule has 0 bridgehead atoms. The minimum atomic E-state index is -0.235. The average Bonchev–Trinajstić information content (AvgIpc) is 3.21. The molecule has 0 aliphatic heterocycles. The first-order chi connectivity index (χ1) is 16.4. The second-order valence-corrected chi connectivity index (χ2v) is 9.41. The van der Waals surface area contributed by atoms with Gasteiger partial charge in [-0.25, -0.2) is 9.13 Å². The van der Waals surface area contributed by atoms with Crippen molar-refractivity contribution in [2.45, 2.75) is 99.1 Å². The maximum Gasteiger partial charge on any atom is 0.292 e. The molecule has 1 aromatic carbocycles. The van der Waals surface area contributed by atoms with E-state index in [9.17, 15) is 9.90 Å². The zero-order chi connectivity index (χ0) is 24.9. The summed E-state index contributed by atoms with van der Waals surface area (Å²) in [4.78, 5) is 15.9. The number of amides is 1. The highest BCUT2D eigenvalue weighted by Gasteiger charge is 2.23. The predicted molar refractivity (Wildman–Crippen MR) is 138 cm³/mol. The molecule has 0 aliphatic carbocycles. The van der Waals surface area contributed by atoms with Crippen molar-refractivity contribution >= 4 is 23.2 Å². The molecular weight excluding hydrogens is 424 g/mol. The number of nitrogens with zero attached hydrogens (tertiary/aromatic N) is 3. The molecule has 34 heavy (non-hydrogen) atoms. The number of rotatable bonds is 15. The fraction of sp³-hybridized carbons (Fsp3) is 0.607. The molecule has 0 aliphatic rings. The van der Waals surface area contributed by atoms with E-state index in [1.165, 1.54) is 45.4 Å². The second kappa shape index (κ2) is 14.6. The van der Waals surface area contributed by atoms with Crippen LogP contribution < -0.4 is 15.0 Å². The molecule has 0 spiro atoms. The zero-order valence-electron chi connectivity index (χ0n) is 21.8. The van der Waals surface area contributed by atoms with Crippen molar-refractivity contribution in [3.63, 3.8) is 0 Å². The molecule has 1 heterocycles. The molecular formula is C28H44N4O2. The number of unbranched alkanes of at least 4 members (excludes halogenated alkanes) is 2. The van der Waals surface area contributed by atoms with Gasteiger partial charge in [0.05, 0.1) is 24.7 Å². The summed E-state index contributed by atoms with van der Waals surface area (Å²) >= 11 is 0. The van der Waals surface area contributed by atoms with E-state index in [2.05, 4.69) is 59.5 Å². The van der Waals surface area contributed by atoms with Crippen molar-refractivity contribution in [2.75, 3.05) is 5.32 Å². The van der Waals surface area contributed by atoms with Crippen LogP contribution in [0.2, 0.25) is 0 Å². The number of benzene rings is 1. The molecule has 6 heteroatoms. The van der Waals surface area contributed by atoms with Gasteiger partial charge in [0.2, 0.25) is 5.91 Å². The fourth-order valence-corrected chi connectivity index (χ4v) is 4.42. The molecule has 0 saturated carbocycles. The van der Waals surface area contributed by atoms with Crippen molar-refractivity contribution in [1.29, 1.82) is 0 Å². The Morgan fingerprint density at radius 1 is 1.09 bits per heavy atom. The molecule has 0 fully saturated rings. The number of aromatic nitrogens is 2. The van der Waals surface area contributed by atoms with Gasteiger partial charge in [0.25, 0.3) is 5.82 Å². The van der Waals surface area contributed by atoms with Gasteiger partial charge in [-0.1, -0.05) is 59.4 Å². The number of hydrogen-bond donors (Lipinski definition) is 1. The third-order valence-electron chi connectivity index (χ3n) is 6.56. The van der Waals surface area contributed by atoms with E-state index in [4.69, 9.17) is 0 Å². The number of nitrogens with one attached hydrogen (secondary N) is 1. The molecule has 2 atom stereocenters. The summed E-state index contributed by atoms with van der Waals surface area (Å²) in [6, 6.07) is 7.14. The summed E-state index contributed by atoms with van der Waals surface area (Å²) in [5.41, 5.74) is 1.19. The molecule has 1 amide bonds. The number of carbonyl (C=O) groups excluding carboxylic acids is 1. The lowest BCUT2D eigenvalue weighted by atomic mass is 9.99. The monoisotopic (exact) mass is 468 g/mol. The van der Waals surface area contributed by atoms with Crippen molar-refractivity contribution in [3.8, 4) is 0 Å². The summed E-state index contributed by atoms with van der Waals surface area (Å²) in [6.07, 6.45) is 13.4. The van der Waals surface area contributed by atoms with Crippen LogP contribution in [0, 0.1) is 11.8 Å². The number of carbonyl (C=O) groups is 1. The van der Waals surface area contributed by atoms with Gasteiger partial charge in [-0.3, -0.25) is 9.79 Å². The molecule has 2 unspecified atom stereocenters. The van der Waals surface area contributed by atoms with Crippen LogP contribution >= 0.6 is 0 Å². The van der Waals surface area contributed by atoms with Crippen LogP contribution in [0.4, 0.5) is 11.4 Å². The van der Waals surface area contributed by atoms with Crippen LogP contribution in [0.5, 0.6) is 0 Å². The smallest absolute Gasteiger partial charge is 0.292 e. The highest BCUT2D eigenvalue weighted by molar-refractivity contribution is 5.90. The summed E-state index contributed by atoms with van der Waals surface area (Å²) in [7, 11) is 0. The average molecular weight is 469 g/mol. The Kier molecular flexibility index (Phi) is 11.9. The molecule has 0 radical (unpaired) electrons. The summed E-state index contributed by atoms with van der Waals surface area (Å²) < 4.78 is 4.22. The van der Waals surface area contributed by atoms with Crippen LogP contribution in [-0.2, 0) is 17.9 Å². The Hall–Kier alpha value is -2.63. The third-order valence-corrected chi connectivity index (χ3v) is 6.56. The van der Waals surface area contributed by atoms with Crippen molar-refractivity contribution in [2.24, 2.45) is 16.8 Å². The Morgan fingerprint density at radius 3 is 2.38 bits per heavy atom. The Labute approximate surface area is 206 Å². The number of hydrogen-bond acceptors (Lipinski definition) is 3. The van der Waals surface area contributed by atoms with E-state index in [1.54, 1.807) is 24.3 Å². The van der Waals surface area contributed by atoms with E-state index >= 15 is 0 Å². The topological polar surface area (TPSA) is 73.3 Å². The van der Waals surface area contributed by atoms with Gasteiger partial charge < -0.3 is 10.4 Å². The van der Waals surface area contributed by atoms with Gasteiger partial charge in [-0.15, -0.1) is 0 Å². The Morgan fingerprint density at radius 2 is 1.76 bits per heavy atom. The van der Waals surface area contributed by atoms with Crippen LogP contribution in [0.3, 0.4) is 0 Å². The van der Waals surface area contributed by atoms with E-state index in [1.807, 2.05) is 0 Å². The van der Waals surface area contributed by atoms with Gasteiger partial charge in [-0.2, -0.15) is 0 Å². The lowest BCUT2D eigenvalue weighted by Crippen LogP contribution is -2.45. The summed E-state index contributed by atoms with van der Waals surface area (Å²) in [5, 5.41) is 16.3. The van der Waals surface area contributed by atoms with Crippen LogP contribution in [-0.4, -0.2) is 16.4 Å². The first-order valence-corrected chi connectivity index (χ1v) is 13.1. The maximum atomic E-state index is 13.5. The molecule has 6 nitrogen and oxygen atoms in total. The van der Waals surface area contributed by atoms with E-state index in [0.717, 1.165) is 25.9 Å². The number of anilines is 1. The lowest BCUT2D eigenvalue weighted by molar-refractivity contribution is -0.706. The highest BCUT2D eigenvalue weighted by Crippen LogP contribution is 2.20. The minimum absolute atomic E-state index is 0.148. The zero-order valence-corrected chi connectivity index (χ0v) is 21.8. The van der Waals surface area contributed by atoms with Gasteiger partial charge in [0, 0.05) is 12.6 Å². The lowest BCUT2D eigenvalue weighted by Gasteiger charge is -2.18. The van der Waals surface area contributed by atoms with Gasteiger partial charge in [0.1, 0.15) is 12.4 Å². The normalized spacial score (nSPS) is 13.6. The van der Waals surface area contributed by atoms with Gasteiger partial charge in [0.15, 0.2) is 0 Å². The second-order valence-electron chi connectivity index (χ2n) is 9.41. The summed E-state index contributed by atoms with van der Waals surface area (Å²) in [6.45, 7) is 12.0. The van der Waals surface area contributed by atoms with E-state index < -0.39 is 0 Å². The predicted octanol–water partition coefficient (Wildman–Crippen LogP) is 5.61. The fourth-order valence-electron chi connectivity index (χ4n) is 4.42. The van der Waals surface area contributed by atoms with Crippen molar-refractivity contribution in [3.05, 3.63) is 42.5 Å².